The van der Waals surface area contributed by atoms with Crippen LogP contribution in [0.4, 0.5) is 4.79 Å². The number of nitrogens with one attached hydrogen (secondary N) is 1. The van der Waals surface area contributed by atoms with Gasteiger partial charge in [-0.15, -0.1) is 0 Å². The molecular weight excluding hydrogens is 234 g/mol. The minimum absolute atomic E-state index is 0.222. The van der Waals surface area contributed by atoms with Crippen molar-refractivity contribution in [3.63, 3.8) is 0 Å². The van der Waals surface area contributed by atoms with Gasteiger partial charge in [0.05, 0.1) is 5.88 Å². The fourth-order valence-corrected chi connectivity index (χ4v) is 4.72. The average molecular weight is 255 g/mol. The third kappa shape index (κ3) is 1.85. The van der Waals surface area contributed by atoms with Gasteiger partial charge in [0.1, 0.15) is 5.60 Å². The first kappa shape index (κ1) is 11.7. The standard InChI is InChI=1S/C13H21NO2S/c1-13(16-12(15)14-7-17)10-3-8-2-9(5-10)6-11(13)4-8/h8-11,17H,2-7H2,1H3,(H,14,15). The molecule has 17 heavy (non-hydrogen) atoms. The zero-order valence-electron chi connectivity index (χ0n) is 10.3. The Morgan fingerprint density at radius 2 is 1.76 bits per heavy atom. The Morgan fingerprint density at radius 1 is 1.24 bits per heavy atom. The van der Waals surface area contributed by atoms with Gasteiger partial charge in [0.2, 0.25) is 0 Å². The molecular formula is C13H21NO2S. The van der Waals surface area contributed by atoms with Gasteiger partial charge in [-0.3, -0.25) is 0 Å². The van der Waals surface area contributed by atoms with Gasteiger partial charge in [0.25, 0.3) is 0 Å². The highest BCUT2D eigenvalue weighted by Crippen LogP contribution is 2.59. The number of rotatable bonds is 2. The van der Waals surface area contributed by atoms with Crippen LogP contribution in [0, 0.1) is 23.7 Å². The van der Waals surface area contributed by atoms with Gasteiger partial charge in [-0.2, -0.15) is 12.6 Å². The van der Waals surface area contributed by atoms with Crippen molar-refractivity contribution in [2.45, 2.75) is 44.6 Å². The quantitative estimate of drug-likeness (QED) is 0.588. The molecule has 4 saturated carbocycles. The molecule has 96 valence electrons. The molecule has 1 amide bonds. The molecule has 4 bridgehead atoms. The number of thiol groups is 1. The zero-order chi connectivity index (χ0) is 12.0. The highest BCUT2D eigenvalue weighted by Gasteiger charge is 2.57. The molecule has 0 aromatic rings. The number of amides is 1. The summed E-state index contributed by atoms with van der Waals surface area (Å²) >= 11 is 4.00. The first-order valence-electron chi connectivity index (χ1n) is 6.69. The molecule has 0 aromatic carbocycles. The number of alkyl carbamates (subject to hydrolysis) is 1. The molecule has 0 unspecified atom stereocenters. The lowest BCUT2D eigenvalue weighted by Crippen LogP contribution is -2.58. The Kier molecular flexibility index (Phi) is 2.80. The third-order valence-electron chi connectivity index (χ3n) is 5.30. The lowest BCUT2D eigenvalue weighted by Gasteiger charge is -2.58. The lowest BCUT2D eigenvalue weighted by molar-refractivity contribution is -0.162. The predicted molar refractivity (Wildman–Crippen MR) is 68.9 cm³/mol. The number of hydrogen-bond acceptors (Lipinski definition) is 3. The Labute approximate surface area is 108 Å². The van der Waals surface area contributed by atoms with Crippen molar-refractivity contribution < 1.29 is 9.53 Å². The highest BCUT2D eigenvalue weighted by molar-refractivity contribution is 7.80. The number of hydrogen-bond donors (Lipinski definition) is 2. The van der Waals surface area contributed by atoms with Gasteiger partial charge < -0.3 is 10.1 Å². The van der Waals surface area contributed by atoms with Crippen molar-refractivity contribution in [1.29, 1.82) is 0 Å². The van der Waals surface area contributed by atoms with Crippen molar-refractivity contribution in [3.8, 4) is 0 Å². The maximum absolute atomic E-state index is 11.7. The maximum Gasteiger partial charge on any atom is 0.408 e. The second-order valence-corrected chi connectivity index (χ2v) is 6.53. The molecule has 0 spiro atoms. The van der Waals surface area contributed by atoms with Crippen molar-refractivity contribution in [2.24, 2.45) is 23.7 Å². The lowest BCUT2D eigenvalue weighted by atomic mass is 9.50. The summed E-state index contributed by atoms with van der Waals surface area (Å²) in [6.07, 6.45) is 6.17. The fraction of sp³-hybridized carbons (Fsp3) is 0.923. The monoisotopic (exact) mass is 255 g/mol. The summed E-state index contributed by atoms with van der Waals surface area (Å²) in [5.74, 6) is 3.33. The minimum atomic E-state index is -0.296. The van der Waals surface area contributed by atoms with Crippen LogP contribution in [-0.4, -0.2) is 17.6 Å². The maximum atomic E-state index is 11.7. The van der Waals surface area contributed by atoms with Crippen LogP contribution >= 0.6 is 12.6 Å². The van der Waals surface area contributed by atoms with E-state index in [0.29, 0.717) is 17.7 Å². The van der Waals surface area contributed by atoms with Crippen LogP contribution in [0.3, 0.4) is 0 Å². The topological polar surface area (TPSA) is 38.3 Å². The summed E-state index contributed by atoms with van der Waals surface area (Å²) < 4.78 is 5.76. The number of carbonyl (C=O) groups is 1. The van der Waals surface area contributed by atoms with Crippen LogP contribution in [-0.2, 0) is 4.74 Å². The van der Waals surface area contributed by atoms with E-state index < -0.39 is 0 Å². The summed E-state index contributed by atoms with van der Waals surface area (Å²) in [5.41, 5.74) is -0.222. The molecule has 3 nitrogen and oxygen atoms in total. The molecule has 4 fully saturated rings. The van der Waals surface area contributed by atoms with Gasteiger partial charge in [0.15, 0.2) is 0 Å². The molecule has 0 aliphatic heterocycles. The van der Waals surface area contributed by atoms with Crippen LogP contribution in [0.25, 0.3) is 0 Å². The average Bonchev–Trinajstić information content (AvgIpc) is 2.25. The predicted octanol–water partition coefficient (Wildman–Crippen LogP) is 2.81. The molecule has 0 aromatic heterocycles. The molecule has 4 rings (SSSR count). The largest absolute Gasteiger partial charge is 0.443 e. The smallest absolute Gasteiger partial charge is 0.408 e. The Bertz CT molecular complexity index is 303. The van der Waals surface area contributed by atoms with Crippen molar-refractivity contribution >= 4 is 18.7 Å². The van der Waals surface area contributed by atoms with Crippen molar-refractivity contribution in [2.75, 3.05) is 5.88 Å². The Morgan fingerprint density at radius 3 is 2.24 bits per heavy atom. The summed E-state index contributed by atoms with van der Waals surface area (Å²) in [6.45, 7) is 2.15. The fourth-order valence-electron chi connectivity index (χ4n) is 4.59. The van der Waals surface area contributed by atoms with Gasteiger partial charge in [-0.05, 0) is 62.7 Å². The van der Waals surface area contributed by atoms with Crippen LogP contribution in [0.5, 0.6) is 0 Å². The highest BCUT2D eigenvalue weighted by atomic mass is 32.1. The first-order chi connectivity index (χ1) is 8.11. The van der Waals surface area contributed by atoms with Crippen LogP contribution in [0.1, 0.15) is 39.0 Å². The van der Waals surface area contributed by atoms with E-state index in [0.717, 1.165) is 11.8 Å². The van der Waals surface area contributed by atoms with Gasteiger partial charge >= 0.3 is 6.09 Å². The van der Waals surface area contributed by atoms with E-state index in [1.54, 1.807) is 0 Å². The zero-order valence-corrected chi connectivity index (χ0v) is 11.2. The van der Waals surface area contributed by atoms with Gasteiger partial charge in [0, 0.05) is 0 Å². The Hall–Kier alpha value is -0.380. The summed E-state index contributed by atoms with van der Waals surface area (Å²) in [7, 11) is 0. The third-order valence-corrected chi connectivity index (χ3v) is 5.45. The number of ether oxygens (including phenoxy) is 1. The normalized spacial score (nSPS) is 46.9. The SMILES string of the molecule is CC1(OC(=O)NCS)C2CC3CC(C2)CC1C3. The van der Waals surface area contributed by atoms with E-state index in [4.69, 9.17) is 4.74 Å². The summed E-state index contributed by atoms with van der Waals surface area (Å²) in [5, 5.41) is 2.63. The Balaban J connectivity index is 1.75. The van der Waals surface area contributed by atoms with E-state index in [-0.39, 0.29) is 11.7 Å². The van der Waals surface area contributed by atoms with Crippen LogP contribution in [0.2, 0.25) is 0 Å². The second kappa shape index (κ2) is 4.08. The number of carbonyl (C=O) groups excluding carboxylic acids is 1. The second-order valence-electron chi connectivity index (χ2n) is 6.21. The summed E-state index contributed by atoms with van der Waals surface area (Å²) in [4.78, 5) is 11.7. The molecule has 4 aliphatic rings. The van der Waals surface area contributed by atoms with Crippen LogP contribution in [0.15, 0.2) is 0 Å². The van der Waals surface area contributed by atoms with Gasteiger partial charge in [-0.1, -0.05) is 0 Å². The first-order valence-corrected chi connectivity index (χ1v) is 7.32. The van der Waals surface area contributed by atoms with E-state index in [9.17, 15) is 4.79 Å². The van der Waals surface area contributed by atoms with E-state index in [2.05, 4.69) is 24.9 Å². The molecule has 1 N–H and O–H groups in total. The molecule has 4 heteroatoms. The minimum Gasteiger partial charge on any atom is -0.443 e. The van der Waals surface area contributed by atoms with Crippen molar-refractivity contribution in [3.05, 3.63) is 0 Å². The van der Waals surface area contributed by atoms with E-state index in [1.165, 1.54) is 32.1 Å². The van der Waals surface area contributed by atoms with E-state index in [1.807, 2.05) is 0 Å². The molecule has 0 atom stereocenters. The van der Waals surface area contributed by atoms with Gasteiger partial charge in [-0.25, -0.2) is 4.79 Å². The molecule has 0 radical (unpaired) electrons. The molecule has 4 aliphatic carbocycles. The summed E-state index contributed by atoms with van der Waals surface area (Å²) in [6, 6.07) is 0. The van der Waals surface area contributed by atoms with E-state index >= 15 is 0 Å². The van der Waals surface area contributed by atoms with Crippen molar-refractivity contribution in [1.82, 2.24) is 5.32 Å². The molecule has 0 heterocycles. The van der Waals surface area contributed by atoms with Crippen LogP contribution < -0.4 is 5.32 Å². The molecule has 0 saturated heterocycles.